The molecular weight excluding hydrogens is 307 g/mol. The number of aromatic amines is 1. The number of nitrogen functional groups attached to an aromatic ring is 1. The van der Waals surface area contributed by atoms with Crippen LogP contribution in [-0.4, -0.2) is 9.97 Å². The Kier molecular flexibility index (Phi) is 3.03. The van der Waals surface area contributed by atoms with Crippen LogP contribution >= 0.6 is 23.2 Å². The number of benzene rings is 2. The highest BCUT2D eigenvalue weighted by Gasteiger charge is 2.14. The Hall–Kier alpha value is -1.85. The summed E-state index contributed by atoms with van der Waals surface area (Å²) in [5.74, 6) is -1.69. The topological polar surface area (TPSA) is 54.7 Å². The molecule has 3 N–H and O–H groups in total. The molecule has 1 aromatic heterocycles. The number of nitrogens with two attached hydrogens (primary N) is 1. The van der Waals surface area contributed by atoms with Crippen LogP contribution in [0.15, 0.2) is 24.3 Å². The molecule has 0 radical (unpaired) electrons. The summed E-state index contributed by atoms with van der Waals surface area (Å²) in [5, 5.41) is 0.725. The van der Waals surface area contributed by atoms with Crippen LogP contribution in [0.1, 0.15) is 0 Å². The highest BCUT2D eigenvalue weighted by atomic mass is 35.5. The van der Waals surface area contributed by atoms with Gasteiger partial charge in [0.2, 0.25) is 0 Å². The number of aromatic nitrogens is 2. The molecule has 0 aliphatic heterocycles. The quantitative estimate of drug-likeness (QED) is 0.654. The predicted molar refractivity (Wildman–Crippen MR) is 75.9 cm³/mol. The maximum Gasteiger partial charge on any atom is 0.160 e. The van der Waals surface area contributed by atoms with Gasteiger partial charge in [-0.15, -0.1) is 0 Å². The standard InChI is InChI=1S/C13H7Cl2F2N3/c14-6-2-11-12(3-7(6)15)20-13(19-11)5-1-8(16)9(17)4-10(5)18/h1-4H,18H2,(H,19,20). The zero-order chi connectivity index (χ0) is 14.4. The molecule has 2 aromatic carbocycles. The molecule has 0 spiro atoms. The van der Waals surface area contributed by atoms with E-state index in [0.29, 0.717) is 26.9 Å². The molecule has 3 rings (SSSR count). The molecule has 102 valence electrons. The lowest BCUT2D eigenvalue weighted by molar-refractivity contribution is 0.509. The van der Waals surface area contributed by atoms with Crippen molar-refractivity contribution in [2.24, 2.45) is 0 Å². The Labute approximate surface area is 122 Å². The zero-order valence-electron chi connectivity index (χ0n) is 9.85. The van der Waals surface area contributed by atoms with Gasteiger partial charge in [0.25, 0.3) is 0 Å². The third-order valence-electron chi connectivity index (χ3n) is 2.87. The van der Waals surface area contributed by atoms with E-state index >= 15 is 0 Å². The summed E-state index contributed by atoms with van der Waals surface area (Å²) < 4.78 is 26.4. The van der Waals surface area contributed by atoms with Crippen LogP contribution in [0, 0.1) is 11.6 Å². The van der Waals surface area contributed by atoms with E-state index in [-0.39, 0.29) is 11.3 Å². The Balaban J connectivity index is 2.22. The van der Waals surface area contributed by atoms with E-state index < -0.39 is 11.6 Å². The highest BCUT2D eigenvalue weighted by Crippen LogP contribution is 2.31. The van der Waals surface area contributed by atoms with Crippen molar-refractivity contribution in [3.63, 3.8) is 0 Å². The fourth-order valence-electron chi connectivity index (χ4n) is 1.90. The van der Waals surface area contributed by atoms with Crippen molar-refractivity contribution in [2.45, 2.75) is 0 Å². The maximum absolute atomic E-state index is 13.3. The van der Waals surface area contributed by atoms with Gasteiger partial charge in [-0.3, -0.25) is 0 Å². The molecule has 3 nitrogen and oxygen atoms in total. The molecule has 1 heterocycles. The van der Waals surface area contributed by atoms with Crippen LogP contribution in [0.25, 0.3) is 22.4 Å². The molecule has 0 fully saturated rings. The summed E-state index contributed by atoms with van der Waals surface area (Å²) in [6.45, 7) is 0. The molecule has 0 atom stereocenters. The minimum atomic E-state index is -1.01. The predicted octanol–water partition coefficient (Wildman–Crippen LogP) is 4.40. The van der Waals surface area contributed by atoms with Crippen molar-refractivity contribution in [3.05, 3.63) is 45.9 Å². The van der Waals surface area contributed by atoms with Crippen molar-refractivity contribution < 1.29 is 8.78 Å². The van der Waals surface area contributed by atoms with Gasteiger partial charge in [0.1, 0.15) is 5.82 Å². The van der Waals surface area contributed by atoms with Gasteiger partial charge in [-0.2, -0.15) is 0 Å². The van der Waals surface area contributed by atoms with Crippen LogP contribution in [0.3, 0.4) is 0 Å². The van der Waals surface area contributed by atoms with Crippen molar-refractivity contribution in [2.75, 3.05) is 5.73 Å². The van der Waals surface area contributed by atoms with E-state index in [4.69, 9.17) is 28.9 Å². The third kappa shape index (κ3) is 2.09. The average Bonchev–Trinajstić information content (AvgIpc) is 2.77. The molecule has 0 saturated heterocycles. The second kappa shape index (κ2) is 4.61. The molecule has 20 heavy (non-hydrogen) atoms. The normalized spacial score (nSPS) is 11.2. The molecule has 0 amide bonds. The van der Waals surface area contributed by atoms with Crippen molar-refractivity contribution in [1.29, 1.82) is 0 Å². The largest absolute Gasteiger partial charge is 0.398 e. The van der Waals surface area contributed by atoms with E-state index in [2.05, 4.69) is 9.97 Å². The first-order valence-electron chi connectivity index (χ1n) is 5.55. The zero-order valence-corrected chi connectivity index (χ0v) is 11.4. The van der Waals surface area contributed by atoms with Crippen LogP contribution in [0.4, 0.5) is 14.5 Å². The fraction of sp³-hybridized carbons (Fsp3) is 0. The smallest absolute Gasteiger partial charge is 0.160 e. The first kappa shape index (κ1) is 13.1. The second-order valence-electron chi connectivity index (χ2n) is 4.22. The highest BCUT2D eigenvalue weighted by molar-refractivity contribution is 6.42. The SMILES string of the molecule is Nc1cc(F)c(F)cc1-c1nc2cc(Cl)c(Cl)cc2[nH]1. The summed E-state index contributed by atoms with van der Waals surface area (Å²) >= 11 is 11.8. The van der Waals surface area contributed by atoms with Crippen LogP contribution in [0.5, 0.6) is 0 Å². The molecular formula is C13H7Cl2F2N3. The van der Waals surface area contributed by atoms with E-state index in [0.717, 1.165) is 12.1 Å². The number of nitrogens with one attached hydrogen (secondary N) is 1. The molecule has 0 bridgehead atoms. The van der Waals surface area contributed by atoms with Gasteiger partial charge in [-0.1, -0.05) is 23.2 Å². The van der Waals surface area contributed by atoms with Gasteiger partial charge in [-0.05, 0) is 18.2 Å². The van der Waals surface area contributed by atoms with E-state index in [1.54, 1.807) is 12.1 Å². The second-order valence-corrected chi connectivity index (χ2v) is 5.04. The van der Waals surface area contributed by atoms with E-state index in [1.165, 1.54) is 0 Å². The van der Waals surface area contributed by atoms with Crippen LogP contribution < -0.4 is 5.73 Å². The number of H-pyrrole nitrogens is 1. The molecule has 7 heteroatoms. The number of fused-ring (bicyclic) bond motifs is 1. The van der Waals surface area contributed by atoms with Gasteiger partial charge in [0, 0.05) is 17.3 Å². The summed E-state index contributed by atoms with van der Waals surface area (Å²) in [6, 6.07) is 5.09. The first-order valence-corrected chi connectivity index (χ1v) is 6.31. The molecule has 3 aromatic rings. The number of hydrogen-bond donors (Lipinski definition) is 2. The summed E-state index contributed by atoms with van der Waals surface area (Å²) in [6.07, 6.45) is 0. The van der Waals surface area contributed by atoms with Gasteiger partial charge in [-0.25, -0.2) is 13.8 Å². The minimum Gasteiger partial charge on any atom is -0.398 e. The van der Waals surface area contributed by atoms with Crippen molar-refractivity contribution in [3.8, 4) is 11.4 Å². The number of halogens is 4. The lowest BCUT2D eigenvalue weighted by Gasteiger charge is -2.03. The summed E-state index contributed by atoms with van der Waals surface area (Å²) in [5.41, 5.74) is 7.22. The van der Waals surface area contributed by atoms with Crippen molar-refractivity contribution in [1.82, 2.24) is 9.97 Å². The third-order valence-corrected chi connectivity index (χ3v) is 3.59. The van der Waals surface area contributed by atoms with E-state index in [1.807, 2.05) is 0 Å². The molecule has 0 unspecified atom stereocenters. The Bertz CT molecular complexity index is 791. The molecule has 0 saturated carbocycles. The molecule has 0 aliphatic rings. The van der Waals surface area contributed by atoms with E-state index in [9.17, 15) is 8.78 Å². The van der Waals surface area contributed by atoms with Crippen molar-refractivity contribution >= 4 is 39.9 Å². The summed E-state index contributed by atoms with van der Waals surface area (Å²) in [7, 11) is 0. The van der Waals surface area contributed by atoms with Crippen LogP contribution in [0.2, 0.25) is 10.0 Å². The first-order chi connectivity index (χ1) is 9.45. The maximum atomic E-state index is 13.3. The number of nitrogens with zero attached hydrogens (tertiary/aromatic N) is 1. The lowest BCUT2D eigenvalue weighted by atomic mass is 10.1. The number of imidazole rings is 1. The van der Waals surface area contributed by atoms with Gasteiger partial charge in [0.15, 0.2) is 11.6 Å². The Morgan fingerprint density at radius 1 is 1.00 bits per heavy atom. The van der Waals surface area contributed by atoms with Gasteiger partial charge < -0.3 is 10.7 Å². The minimum absolute atomic E-state index is 0.0835. The number of hydrogen-bond acceptors (Lipinski definition) is 2. The summed E-state index contributed by atoms with van der Waals surface area (Å²) in [4.78, 5) is 7.19. The monoisotopic (exact) mass is 313 g/mol. The number of anilines is 1. The Morgan fingerprint density at radius 2 is 1.65 bits per heavy atom. The van der Waals surface area contributed by atoms with Gasteiger partial charge in [0.05, 0.1) is 21.1 Å². The Morgan fingerprint density at radius 3 is 2.40 bits per heavy atom. The van der Waals surface area contributed by atoms with Crippen LogP contribution in [-0.2, 0) is 0 Å². The molecule has 0 aliphatic carbocycles. The number of rotatable bonds is 1. The van der Waals surface area contributed by atoms with Gasteiger partial charge >= 0.3 is 0 Å². The fourth-order valence-corrected chi connectivity index (χ4v) is 2.22. The average molecular weight is 314 g/mol. The lowest BCUT2D eigenvalue weighted by Crippen LogP contribution is -1.95.